The number of nitrogens with zero attached hydrogens (tertiary/aromatic N) is 1. The van der Waals surface area contributed by atoms with Crippen LogP contribution in [0.15, 0.2) is 0 Å². The van der Waals surface area contributed by atoms with Crippen molar-refractivity contribution >= 4 is 5.91 Å². The summed E-state index contributed by atoms with van der Waals surface area (Å²) in [7, 11) is 0. The van der Waals surface area contributed by atoms with E-state index in [0.717, 1.165) is 19.3 Å². The lowest BCUT2D eigenvalue weighted by Crippen LogP contribution is -2.59. The van der Waals surface area contributed by atoms with Crippen LogP contribution in [0.1, 0.15) is 46.0 Å². The highest BCUT2D eigenvalue weighted by Gasteiger charge is 2.38. The summed E-state index contributed by atoms with van der Waals surface area (Å²) in [5.41, 5.74) is 6.09. The number of hydrogen-bond acceptors (Lipinski definition) is 3. The van der Waals surface area contributed by atoms with E-state index >= 15 is 0 Å². The largest absolute Gasteiger partial charge is 0.374 e. The van der Waals surface area contributed by atoms with E-state index in [-0.39, 0.29) is 30.0 Å². The standard InChI is InChI=1S/C14H26N2O2/c1-3-10(2)13(15)14(17)16-8-9-18-12-7-5-4-6-11(12)16/h10-13H,3-9,15H2,1-2H3/t10?,11?,12?,13-/m0/s1. The second-order valence-electron chi connectivity index (χ2n) is 5.70. The fraction of sp³-hybridized carbons (Fsp3) is 0.929. The number of ether oxygens (including phenoxy) is 1. The van der Waals surface area contributed by atoms with Gasteiger partial charge in [0.2, 0.25) is 5.91 Å². The molecule has 4 heteroatoms. The quantitative estimate of drug-likeness (QED) is 0.831. The summed E-state index contributed by atoms with van der Waals surface area (Å²) in [6.07, 6.45) is 5.79. The van der Waals surface area contributed by atoms with E-state index in [1.54, 1.807) is 0 Å². The van der Waals surface area contributed by atoms with Crippen molar-refractivity contribution in [3.63, 3.8) is 0 Å². The first-order chi connectivity index (χ1) is 8.65. The fourth-order valence-electron chi connectivity index (χ4n) is 3.06. The van der Waals surface area contributed by atoms with Crippen molar-refractivity contribution in [3.8, 4) is 0 Å². The highest BCUT2D eigenvalue weighted by atomic mass is 16.5. The number of fused-ring (bicyclic) bond motifs is 1. The van der Waals surface area contributed by atoms with Gasteiger partial charge in [0.1, 0.15) is 0 Å². The second-order valence-corrected chi connectivity index (χ2v) is 5.70. The van der Waals surface area contributed by atoms with Crippen LogP contribution in [0.5, 0.6) is 0 Å². The van der Waals surface area contributed by atoms with Crippen molar-refractivity contribution in [1.82, 2.24) is 4.90 Å². The van der Waals surface area contributed by atoms with E-state index < -0.39 is 0 Å². The third-order valence-electron chi connectivity index (χ3n) is 4.56. The average molecular weight is 254 g/mol. The van der Waals surface area contributed by atoms with Crippen LogP contribution in [0.2, 0.25) is 0 Å². The van der Waals surface area contributed by atoms with Crippen molar-refractivity contribution in [2.45, 2.75) is 64.1 Å². The lowest BCUT2D eigenvalue weighted by molar-refractivity contribution is -0.152. The summed E-state index contributed by atoms with van der Waals surface area (Å²) in [6, 6.07) is -0.0780. The van der Waals surface area contributed by atoms with Crippen molar-refractivity contribution in [3.05, 3.63) is 0 Å². The molecule has 0 radical (unpaired) electrons. The van der Waals surface area contributed by atoms with Gasteiger partial charge in [-0.2, -0.15) is 0 Å². The van der Waals surface area contributed by atoms with E-state index in [2.05, 4.69) is 13.8 Å². The Morgan fingerprint density at radius 3 is 2.89 bits per heavy atom. The van der Waals surface area contributed by atoms with Crippen LogP contribution in [0, 0.1) is 5.92 Å². The number of hydrogen-bond donors (Lipinski definition) is 1. The number of rotatable bonds is 3. The molecule has 0 bridgehead atoms. The van der Waals surface area contributed by atoms with Crippen LogP contribution in [-0.2, 0) is 9.53 Å². The van der Waals surface area contributed by atoms with Crippen molar-refractivity contribution in [1.29, 1.82) is 0 Å². The molecule has 1 saturated carbocycles. The SMILES string of the molecule is CCC(C)[C@H](N)C(=O)N1CCOC2CCCCC21. The van der Waals surface area contributed by atoms with Crippen LogP contribution < -0.4 is 5.73 Å². The Balaban J connectivity index is 2.03. The summed E-state index contributed by atoms with van der Waals surface area (Å²) in [4.78, 5) is 14.5. The summed E-state index contributed by atoms with van der Waals surface area (Å²) >= 11 is 0. The van der Waals surface area contributed by atoms with Gasteiger partial charge in [-0.3, -0.25) is 4.79 Å². The van der Waals surface area contributed by atoms with E-state index in [1.807, 2.05) is 4.90 Å². The molecule has 1 aliphatic heterocycles. The molecule has 1 amide bonds. The van der Waals surface area contributed by atoms with Gasteiger partial charge < -0.3 is 15.4 Å². The molecule has 4 nitrogen and oxygen atoms in total. The summed E-state index contributed by atoms with van der Waals surface area (Å²) < 4.78 is 5.79. The molecule has 104 valence electrons. The van der Waals surface area contributed by atoms with Gasteiger partial charge in [-0.15, -0.1) is 0 Å². The maximum Gasteiger partial charge on any atom is 0.240 e. The first-order valence-electron chi connectivity index (χ1n) is 7.32. The Morgan fingerprint density at radius 1 is 1.44 bits per heavy atom. The van der Waals surface area contributed by atoms with Crippen LogP contribution >= 0.6 is 0 Å². The predicted octanol–water partition coefficient (Wildman–Crippen LogP) is 1.53. The van der Waals surface area contributed by atoms with Gasteiger partial charge in [-0.1, -0.05) is 33.1 Å². The van der Waals surface area contributed by atoms with Crippen molar-refractivity contribution in [2.75, 3.05) is 13.2 Å². The first-order valence-corrected chi connectivity index (χ1v) is 7.32. The van der Waals surface area contributed by atoms with Crippen LogP contribution in [0.3, 0.4) is 0 Å². The number of morpholine rings is 1. The lowest BCUT2D eigenvalue weighted by atomic mass is 9.89. The molecule has 2 N–H and O–H groups in total. The lowest BCUT2D eigenvalue weighted by Gasteiger charge is -2.45. The van der Waals surface area contributed by atoms with E-state index in [9.17, 15) is 4.79 Å². The molecule has 1 saturated heterocycles. The normalized spacial score (nSPS) is 31.6. The Kier molecular flexibility index (Phi) is 4.62. The van der Waals surface area contributed by atoms with Gasteiger partial charge in [-0.25, -0.2) is 0 Å². The Morgan fingerprint density at radius 2 is 2.17 bits per heavy atom. The summed E-state index contributed by atoms with van der Waals surface area (Å²) in [5, 5.41) is 0. The molecular weight excluding hydrogens is 228 g/mol. The molecule has 1 heterocycles. The highest BCUT2D eigenvalue weighted by molar-refractivity contribution is 5.82. The molecular formula is C14H26N2O2. The first kappa shape index (κ1) is 13.8. The molecule has 0 aromatic carbocycles. The molecule has 2 aliphatic rings. The predicted molar refractivity (Wildman–Crippen MR) is 71.1 cm³/mol. The average Bonchev–Trinajstić information content (AvgIpc) is 2.44. The molecule has 3 unspecified atom stereocenters. The summed E-state index contributed by atoms with van der Waals surface area (Å²) in [6.45, 7) is 5.52. The van der Waals surface area contributed by atoms with Gasteiger partial charge in [0.15, 0.2) is 0 Å². The zero-order valence-electron chi connectivity index (χ0n) is 11.6. The molecule has 2 rings (SSSR count). The highest BCUT2D eigenvalue weighted by Crippen LogP contribution is 2.29. The third kappa shape index (κ3) is 2.69. The smallest absolute Gasteiger partial charge is 0.240 e. The van der Waals surface area contributed by atoms with Gasteiger partial charge in [0.25, 0.3) is 0 Å². The van der Waals surface area contributed by atoms with Gasteiger partial charge in [0.05, 0.1) is 24.8 Å². The van der Waals surface area contributed by atoms with Crippen molar-refractivity contribution < 1.29 is 9.53 Å². The monoisotopic (exact) mass is 254 g/mol. The van der Waals surface area contributed by atoms with Gasteiger partial charge in [0, 0.05) is 6.54 Å². The van der Waals surface area contributed by atoms with E-state index in [1.165, 1.54) is 12.8 Å². The number of amides is 1. The Labute approximate surface area is 110 Å². The molecule has 18 heavy (non-hydrogen) atoms. The molecule has 1 aliphatic carbocycles. The maximum atomic E-state index is 12.5. The van der Waals surface area contributed by atoms with Gasteiger partial charge in [-0.05, 0) is 18.8 Å². The minimum Gasteiger partial charge on any atom is -0.374 e. The molecule has 2 fully saturated rings. The number of carbonyl (C=O) groups excluding carboxylic acids is 1. The minimum absolute atomic E-state index is 0.129. The third-order valence-corrected chi connectivity index (χ3v) is 4.56. The molecule has 0 aromatic heterocycles. The summed E-state index contributed by atoms with van der Waals surface area (Å²) in [5.74, 6) is 0.381. The Bertz CT molecular complexity index is 294. The second kappa shape index (κ2) is 6.02. The van der Waals surface area contributed by atoms with E-state index in [4.69, 9.17) is 10.5 Å². The fourth-order valence-corrected chi connectivity index (χ4v) is 3.06. The van der Waals surface area contributed by atoms with Crippen LogP contribution in [-0.4, -0.2) is 42.1 Å². The molecule has 4 atom stereocenters. The molecule has 0 aromatic rings. The van der Waals surface area contributed by atoms with E-state index in [0.29, 0.717) is 13.2 Å². The topological polar surface area (TPSA) is 55.6 Å². The number of carbonyl (C=O) groups is 1. The zero-order chi connectivity index (χ0) is 13.1. The minimum atomic E-state index is -0.351. The number of nitrogens with two attached hydrogens (primary N) is 1. The van der Waals surface area contributed by atoms with Crippen molar-refractivity contribution in [2.24, 2.45) is 11.7 Å². The zero-order valence-corrected chi connectivity index (χ0v) is 11.6. The van der Waals surface area contributed by atoms with Crippen LogP contribution in [0.4, 0.5) is 0 Å². The van der Waals surface area contributed by atoms with Gasteiger partial charge >= 0.3 is 0 Å². The Hall–Kier alpha value is -0.610. The maximum absolute atomic E-state index is 12.5. The van der Waals surface area contributed by atoms with Crippen LogP contribution in [0.25, 0.3) is 0 Å². The molecule has 0 spiro atoms.